The van der Waals surface area contributed by atoms with Crippen molar-refractivity contribution >= 4 is 29.1 Å². The SMILES string of the molecule is CC(Oc1ccc(Cl)cc1Cl)C(=O)N1CCN(C(c2ccccc2)c2ccccc2)CC1. The summed E-state index contributed by atoms with van der Waals surface area (Å²) in [5, 5.41) is 0.930. The molecule has 1 fully saturated rings. The van der Waals surface area contributed by atoms with E-state index in [1.54, 1.807) is 25.1 Å². The van der Waals surface area contributed by atoms with Crippen LogP contribution in [-0.2, 0) is 4.79 Å². The largest absolute Gasteiger partial charge is 0.479 e. The summed E-state index contributed by atoms with van der Waals surface area (Å²) in [6, 6.07) is 26.2. The molecule has 166 valence electrons. The van der Waals surface area contributed by atoms with Crippen molar-refractivity contribution in [3.8, 4) is 5.75 Å². The van der Waals surface area contributed by atoms with Gasteiger partial charge in [0.1, 0.15) is 5.75 Å². The number of nitrogens with zero attached hydrogens (tertiary/aromatic N) is 2. The van der Waals surface area contributed by atoms with Crippen LogP contribution in [0.2, 0.25) is 10.0 Å². The van der Waals surface area contributed by atoms with E-state index < -0.39 is 6.10 Å². The number of ether oxygens (including phenoxy) is 1. The third kappa shape index (κ3) is 5.26. The van der Waals surface area contributed by atoms with Crippen molar-refractivity contribution in [1.29, 1.82) is 0 Å². The maximum atomic E-state index is 13.0. The average Bonchev–Trinajstić information content (AvgIpc) is 2.82. The van der Waals surface area contributed by atoms with Crippen LogP contribution in [0.1, 0.15) is 24.1 Å². The Morgan fingerprint density at radius 1 is 0.844 bits per heavy atom. The second-order valence-electron chi connectivity index (χ2n) is 7.92. The first kappa shape index (κ1) is 22.7. The van der Waals surface area contributed by atoms with Gasteiger partial charge in [-0.1, -0.05) is 83.9 Å². The Balaban J connectivity index is 1.42. The standard InChI is InChI=1S/C26H26Cl2N2O2/c1-19(32-24-13-12-22(27)18-23(24)28)26(31)30-16-14-29(15-17-30)25(20-8-4-2-5-9-20)21-10-6-3-7-11-21/h2-13,18-19,25H,14-17H2,1H3. The minimum Gasteiger partial charge on any atom is -0.479 e. The molecule has 1 aliphatic rings. The van der Waals surface area contributed by atoms with E-state index in [1.807, 2.05) is 17.0 Å². The quantitative estimate of drug-likeness (QED) is 0.465. The third-order valence-electron chi connectivity index (χ3n) is 5.77. The van der Waals surface area contributed by atoms with Gasteiger partial charge in [-0.3, -0.25) is 9.69 Å². The minimum atomic E-state index is -0.626. The van der Waals surface area contributed by atoms with Gasteiger partial charge in [-0.05, 0) is 36.2 Å². The Labute approximate surface area is 199 Å². The summed E-state index contributed by atoms with van der Waals surface area (Å²) < 4.78 is 5.83. The van der Waals surface area contributed by atoms with E-state index in [0.29, 0.717) is 28.9 Å². The van der Waals surface area contributed by atoms with Crippen LogP contribution >= 0.6 is 23.2 Å². The van der Waals surface area contributed by atoms with E-state index in [2.05, 4.69) is 53.4 Å². The van der Waals surface area contributed by atoms with Gasteiger partial charge in [-0.15, -0.1) is 0 Å². The Hall–Kier alpha value is -2.53. The number of rotatable bonds is 6. The van der Waals surface area contributed by atoms with Crippen molar-refractivity contribution in [3.63, 3.8) is 0 Å². The molecule has 0 saturated carbocycles. The number of carbonyl (C=O) groups is 1. The molecule has 0 N–H and O–H groups in total. The van der Waals surface area contributed by atoms with E-state index in [0.717, 1.165) is 13.1 Å². The molecule has 0 aliphatic carbocycles. The zero-order valence-electron chi connectivity index (χ0n) is 18.0. The fourth-order valence-corrected chi connectivity index (χ4v) is 4.61. The first-order chi connectivity index (χ1) is 15.5. The number of amides is 1. The molecule has 1 amide bonds. The van der Waals surface area contributed by atoms with Crippen molar-refractivity contribution in [2.45, 2.75) is 19.1 Å². The van der Waals surface area contributed by atoms with E-state index in [9.17, 15) is 4.79 Å². The van der Waals surface area contributed by atoms with Gasteiger partial charge >= 0.3 is 0 Å². The summed E-state index contributed by atoms with van der Waals surface area (Å²) in [6.45, 7) is 4.63. The number of carbonyl (C=O) groups excluding carboxylic acids is 1. The van der Waals surface area contributed by atoms with Crippen LogP contribution in [-0.4, -0.2) is 48.0 Å². The highest BCUT2D eigenvalue weighted by atomic mass is 35.5. The lowest BCUT2D eigenvalue weighted by Crippen LogP contribution is -2.52. The number of benzene rings is 3. The lowest BCUT2D eigenvalue weighted by atomic mass is 9.96. The van der Waals surface area contributed by atoms with Crippen LogP contribution in [0.4, 0.5) is 0 Å². The molecule has 4 rings (SSSR count). The highest BCUT2D eigenvalue weighted by Crippen LogP contribution is 2.30. The molecule has 0 radical (unpaired) electrons. The molecule has 1 unspecified atom stereocenters. The van der Waals surface area contributed by atoms with Crippen LogP contribution < -0.4 is 4.74 Å². The van der Waals surface area contributed by atoms with Crippen LogP contribution in [0.3, 0.4) is 0 Å². The maximum Gasteiger partial charge on any atom is 0.263 e. The molecule has 32 heavy (non-hydrogen) atoms. The molecular weight excluding hydrogens is 443 g/mol. The molecule has 1 atom stereocenters. The summed E-state index contributed by atoms with van der Waals surface area (Å²) in [5.41, 5.74) is 2.51. The number of hydrogen-bond donors (Lipinski definition) is 0. The van der Waals surface area contributed by atoms with E-state index in [1.165, 1.54) is 11.1 Å². The fraction of sp³-hybridized carbons (Fsp3) is 0.269. The Bertz CT molecular complexity index is 999. The van der Waals surface area contributed by atoms with Crippen molar-refractivity contribution in [3.05, 3.63) is 100 Å². The molecule has 4 nitrogen and oxygen atoms in total. The normalized spacial score (nSPS) is 15.6. The highest BCUT2D eigenvalue weighted by molar-refractivity contribution is 6.35. The summed E-state index contributed by atoms with van der Waals surface area (Å²) in [4.78, 5) is 17.3. The zero-order valence-corrected chi connectivity index (χ0v) is 19.5. The molecule has 0 aromatic heterocycles. The van der Waals surface area contributed by atoms with Gasteiger partial charge in [0.05, 0.1) is 11.1 Å². The number of hydrogen-bond acceptors (Lipinski definition) is 3. The van der Waals surface area contributed by atoms with Crippen molar-refractivity contribution in [2.75, 3.05) is 26.2 Å². The first-order valence-corrected chi connectivity index (χ1v) is 11.5. The van der Waals surface area contributed by atoms with Crippen LogP contribution in [0.5, 0.6) is 5.75 Å². The van der Waals surface area contributed by atoms with Crippen molar-refractivity contribution in [2.24, 2.45) is 0 Å². The smallest absolute Gasteiger partial charge is 0.263 e. The average molecular weight is 469 g/mol. The lowest BCUT2D eigenvalue weighted by molar-refractivity contribution is -0.140. The molecule has 6 heteroatoms. The van der Waals surface area contributed by atoms with E-state index >= 15 is 0 Å². The second kappa shape index (κ2) is 10.4. The number of halogens is 2. The molecule has 1 heterocycles. The highest BCUT2D eigenvalue weighted by Gasteiger charge is 2.30. The fourth-order valence-electron chi connectivity index (χ4n) is 4.15. The lowest BCUT2D eigenvalue weighted by Gasteiger charge is -2.40. The summed E-state index contributed by atoms with van der Waals surface area (Å²) in [6.07, 6.45) is -0.626. The van der Waals surface area contributed by atoms with E-state index in [-0.39, 0.29) is 11.9 Å². The molecule has 1 aliphatic heterocycles. The minimum absolute atomic E-state index is 0.0355. The molecule has 3 aromatic carbocycles. The first-order valence-electron chi connectivity index (χ1n) is 10.8. The van der Waals surface area contributed by atoms with Crippen LogP contribution in [0, 0.1) is 0 Å². The Morgan fingerprint density at radius 3 is 1.94 bits per heavy atom. The van der Waals surface area contributed by atoms with Gasteiger partial charge in [0.2, 0.25) is 0 Å². The maximum absolute atomic E-state index is 13.0. The summed E-state index contributed by atoms with van der Waals surface area (Å²) in [5.74, 6) is 0.426. The molecule has 0 bridgehead atoms. The third-order valence-corrected chi connectivity index (χ3v) is 6.30. The molecule has 1 saturated heterocycles. The van der Waals surface area contributed by atoms with Crippen LogP contribution in [0.25, 0.3) is 0 Å². The molecule has 3 aromatic rings. The monoisotopic (exact) mass is 468 g/mol. The van der Waals surface area contributed by atoms with Gasteiger partial charge in [-0.2, -0.15) is 0 Å². The molecular formula is C26H26Cl2N2O2. The van der Waals surface area contributed by atoms with Gasteiger partial charge in [0.25, 0.3) is 5.91 Å². The van der Waals surface area contributed by atoms with Crippen molar-refractivity contribution < 1.29 is 9.53 Å². The van der Waals surface area contributed by atoms with Gasteiger partial charge < -0.3 is 9.64 Å². The van der Waals surface area contributed by atoms with Gasteiger partial charge in [0.15, 0.2) is 6.10 Å². The van der Waals surface area contributed by atoms with Gasteiger partial charge in [-0.25, -0.2) is 0 Å². The van der Waals surface area contributed by atoms with E-state index in [4.69, 9.17) is 27.9 Å². The van der Waals surface area contributed by atoms with Gasteiger partial charge in [0, 0.05) is 31.2 Å². The molecule has 0 spiro atoms. The Kier molecular flexibility index (Phi) is 7.36. The summed E-state index contributed by atoms with van der Waals surface area (Å²) >= 11 is 12.1. The number of piperazine rings is 1. The predicted octanol–water partition coefficient (Wildman–Crippen LogP) is 5.69. The van der Waals surface area contributed by atoms with Crippen LogP contribution in [0.15, 0.2) is 78.9 Å². The predicted molar refractivity (Wildman–Crippen MR) is 129 cm³/mol. The second-order valence-corrected chi connectivity index (χ2v) is 8.76. The van der Waals surface area contributed by atoms with Crippen molar-refractivity contribution in [1.82, 2.24) is 9.80 Å². The topological polar surface area (TPSA) is 32.8 Å². The summed E-state index contributed by atoms with van der Waals surface area (Å²) in [7, 11) is 0. The Morgan fingerprint density at radius 2 is 1.41 bits per heavy atom. The zero-order chi connectivity index (χ0) is 22.5.